The van der Waals surface area contributed by atoms with E-state index in [1.54, 1.807) is 30.3 Å². The van der Waals surface area contributed by atoms with E-state index < -0.39 is 5.82 Å². The van der Waals surface area contributed by atoms with Crippen LogP contribution in [0.25, 0.3) is 0 Å². The van der Waals surface area contributed by atoms with Gasteiger partial charge in [-0.05, 0) is 44.2 Å². The Morgan fingerprint density at radius 1 is 1.20 bits per heavy atom. The molecule has 1 amide bonds. The lowest BCUT2D eigenvalue weighted by Gasteiger charge is -2.11. The Labute approximate surface area is 150 Å². The lowest BCUT2D eigenvalue weighted by Crippen LogP contribution is -2.15. The number of hydrogen-bond acceptors (Lipinski definition) is 4. The summed E-state index contributed by atoms with van der Waals surface area (Å²) < 4.78 is 19.1. The fourth-order valence-corrected chi connectivity index (χ4v) is 3.02. The number of thioether (sulfide) groups is 1. The maximum absolute atomic E-state index is 13.5. The second-order valence-corrected chi connectivity index (χ2v) is 6.32. The summed E-state index contributed by atoms with van der Waals surface area (Å²) in [5, 5.41) is 2.55. The van der Waals surface area contributed by atoms with Gasteiger partial charge >= 0.3 is 0 Å². The quantitative estimate of drug-likeness (QED) is 0.712. The van der Waals surface area contributed by atoms with E-state index in [4.69, 9.17) is 4.74 Å². The minimum Gasteiger partial charge on any atom is -0.494 e. The molecule has 0 saturated carbocycles. The van der Waals surface area contributed by atoms with Gasteiger partial charge in [-0.1, -0.05) is 12.1 Å². The first-order chi connectivity index (χ1) is 12.0. The zero-order chi connectivity index (χ0) is 18.2. The molecule has 2 aromatic rings. The van der Waals surface area contributed by atoms with Crippen molar-refractivity contribution in [1.29, 1.82) is 0 Å². The zero-order valence-corrected chi connectivity index (χ0v) is 15.0. The predicted molar refractivity (Wildman–Crippen MR) is 98.8 cm³/mol. The van der Waals surface area contributed by atoms with E-state index in [0.29, 0.717) is 23.7 Å². The van der Waals surface area contributed by atoms with Crippen molar-refractivity contribution in [2.45, 2.75) is 19.6 Å². The van der Waals surface area contributed by atoms with Crippen LogP contribution in [-0.4, -0.2) is 24.1 Å². The van der Waals surface area contributed by atoms with E-state index in [-0.39, 0.29) is 23.1 Å². The lowest BCUT2D eigenvalue weighted by molar-refractivity contribution is -0.113. The number of amides is 1. The maximum Gasteiger partial charge on any atom is 0.234 e. The van der Waals surface area contributed by atoms with Gasteiger partial charge in [0.05, 0.1) is 18.0 Å². The van der Waals surface area contributed by atoms with Crippen LogP contribution in [0.5, 0.6) is 5.75 Å². The molecule has 0 bridgehead atoms. The van der Waals surface area contributed by atoms with Crippen molar-refractivity contribution in [2.75, 3.05) is 17.7 Å². The minimum atomic E-state index is -0.464. The third-order valence-electron chi connectivity index (χ3n) is 3.41. The number of rotatable bonds is 8. The lowest BCUT2D eigenvalue weighted by atomic mass is 10.1. The summed E-state index contributed by atoms with van der Waals surface area (Å²) >= 11 is 1.37. The van der Waals surface area contributed by atoms with Gasteiger partial charge in [0.1, 0.15) is 11.6 Å². The molecule has 0 aliphatic heterocycles. The van der Waals surface area contributed by atoms with Crippen LogP contribution in [0, 0.1) is 5.82 Å². The highest BCUT2D eigenvalue weighted by atomic mass is 32.2. The highest BCUT2D eigenvalue weighted by molar-refractivity contribution is 7.99. The fourth-order valence-electron chi connectivity index (χ4n) is 2.21. The standard InChI is InChI=1S/C19H20FNO3S/c1-3-24-18-9-8-14(13(2)22)10-15(18)11-25-12-19(23)21-17-7-5-4-6-16(17)20/h4-10H,3,11-12H2,1-2H3,(H,21,23). The summed E-state index contributed by atoms with van der Waals surface area (Å²) in [6.07, 6.45) is 0. The van der Waals surface area contributed by atoms with Gasteiger partial charge in [-0.2, -0.15) is 0 Å². The molecule has 4 nitrogen and oxygen atoms in total. The number of Topliss-reactive ketones (excluding diaryl/α,β-unsaturated/α-hetero) is 1. The van der Waals surface area contributed by atoms with Gasteiger partial charge in [-0.3, -0.25) is 9.59 Å². The molecule has 0 saturated heterocycles. The Kier molecular flexibility index (Phi) is 7.01. The van der Waals surface area contributed by atoms with Gasteiger partial charge in [0.15, 0.2) is 5.78 Å². The van der Waals surface area contributed by atoms with Gasteiger partial charge in [0.25, 0.3) is 0 Å². The van der Waals surface area contributed by atoms with Crippen LogP contribution in [0.3, 0.4) is 0 Å². The van der Waals surface area contributed by atoms with E-state index in [2.05, 4.69) is 5.32 Å². The molecule has 2 aromatic carbocycles. The highest BCUT2D eigenvalue weighted by Crippen LogP contribution is 2.25. The minimum absolute atomic E-state index is 0.0217. The molecule has 0 aliphatic carbocycles. The Bertz CT molecular complexity index is 764. The second kappa shape index (κ2) is 9.22. The SMILES string of the molecule is CCOc1ccc(C(C)=O)cc1CSCC(=O)Nc1ccccc1F. The molecule has 0 fully saturated rings. The molecular formula is C19H20FNO3S. The molecule has 0 aromatic heterocycles. The first-order valence-electron chi connectivity index (χ1n) is 7.90. The van der Waals surface area contributed by atoms with Crippen LogP contribution in [0.1, 0.15) is 29.8 Å². The molecule has 132 valence electrons. The Hall–Kier alpha value is -2.34. The summed E-state index contributed by atoms with van der Waals surface area (Å²) in [5.41, 5.74) is 1.63. The summed E-state index contributed by atoms with van der Waals surface area (Å²) in [7, 11) is 0. The molecule has 0 aliphatic rings. The molecule has 6 heteroatoms. The van der Waals surface area contributed by atoms with Gasteiger partial charge in [0.2, 0.25) is 5.91 Å². The number of hydrogen-bond donors (Lipinski definition) is 1. The van der Waals surface area contributed by atoms with Gasteiger partial charge in [-0.15, -0.1) is 11.8 Å². The zero-order valence-electron chi connectivity index (χ0n) is 14.2. The van der Waals surface area contributed by atoms with Crippen LogP contribution in [0.15, 0.2) is 42.5 Å². The number of carbonyl (C=O) groups excluding carboxylic acids is 2. The first-order valence-corrected chi connectivity index (χ1v) is 9.05. The molecule has 25 heavy (non-hydrogen) atoms. The van der Waals surface area contributed by atoms with Crippen LogP contribution >= 0.6 is 11.8 Å². The van der Waals surface area contributed by atoms with Crippen LogP contribution in [0.2, 0.25) is 0 Å². The average Bonchev–Trinajstić information content (AvgIpc) is 2.58. The molecular weight excluding hydrogens is 341 g/mol. The summed E-state index contributed by atoms with van der Waals surface area (Å²) in [4.78, 5) is 23.5. The van der Waals surface area contributed by atoms with Crippen LogP contribution < -0.4 is 10.1 Å². The maximum atomic E-state index is 13.5. The molecule has 2 rings (SSSR count). The van der Waals surface area contributed by atoms with Crippen molar-refractivity contribution in [1.82, 2.24) is 0 Å². The van der Waals surface area contributed by atoms with E-state index in [1.807, 2.05) is 6.92 Å². The van der Waals surface area contributed by atoms with Crippen molar-refractivity contribution < 1.29 is 18.7 Å². The van der Waals surface area contributed by atoms with Crippen LogP contribution in [-0.2, 0) is 10.5 Å². The topological polar surface area (TPSA) is 55.4 Å². The van der Waals surface area contributed by atoms with Crippen molar-refractivity contribution in [3.63, 3.8) is 0 Å². The molecule has 0 spiro atoms. The summed E-state index contributed by atoms with van der Waals surface area (Å²) in [5.74, 6) is 0.622. The Balaban J connectivity index is 1.96. The van der Waals surface area contributed by atoms with Crippen molar-refractivity contribution in [3.8, 4) is 5.75 Å². The van der Waals surface area contributed by atoms with E-state index in [1.165, 1.54) is 30.8 Å². The Morgan fingerprint density at radius 2 is 1.96 bits per heavy atom. The predicted octanol–water partition coefficient (Wildman–Crippen LogP) is 4.30. The third-order valence-corrected chi connectivity index (χ3v) is 4.39. The second-order valence-electron chi connectivity index (χ2n) is 5.33. The number of para-hydroxylation sites is 1. The number of ether oxygens (including phenoxy) is 1. The van der Waals surface area contributed by atoms with Crippen molar-refractivity contribution in [2.24, 2.45) is 0 Å². The van der Waals surface area contributed by atoms with E-state index in [0.717, 1.165) is 5.56 Å². The number of nitrogens with one attached hydrogen (secondary N) is 1. The van der Waals surface area contributed by atoms with E-state index >= 15 is 0 Å². The molecule has 0 heterocycles. The van der Waals surface area contributed by atoms with Gasteiger partial charge in [0, 0.05) is 16.9 Å². The highest BCUT2D eigenvalue weighted by Gasteiger charge is 2.10. The van der Waals surface area contributed by atoms with E-state index in [9.17, 15) is 14.0 Å². The molecule has 1 N–H and O–H groups in total. The normalized spacial score (nSPS) is 10.4. The largest absolute Gasteiger partial charge is 0.494 e. The first kappa shape index (κ1) is 19.0. The molecule has 0 radical (unpaired) electrons. The molecule has 0 unspecified atom stereocenters. The van der Waals surface area contributed by atoms with Gasteiger partial charge in [-0.25, -0.2) is 4.39 Å². The fraction of sp³-hybridized carbons (Fsp3) is 0.263. The number of anilines is 1. The number of halogens is 1. The number of ketones is 1. The van der Waals surface area contributed by atoms with Gasteiger partial charge < -0.3 is 10.1 Å². The number of benzene rings is 2. The summed E-state index contributed by atoms with van der Waals surface area (Å²) in [6.45, 7) is 3.91. The van der Waals surface area contributed by atoms with Crippen molar-refractivity contribution >= 4 is 29.1 Å². The monoisotopic (exact) mass is 361 g/mol. The Morgan fingerprint density at radius 3 is 2.64 bits per heavy atom. The van der Waals surface area contributed by atoms with Crippen LogP contribution in [0.4, 0.5) is 10.1 Å². The smallest absolute Gasteiger partial charge is 0.234 e. The molecule has 0 atom stereocenters. The average molecular weight is 361 g/mol. The van der Waals surface area contributed by atoms with Crippen molar-refractivity contribution in [3.05, 3.63) is 59.4 Å². The third kappa shape index (κ3) is 5.60. The number of carbonyl (C=O) groups is 2. The summed E-state index contributed by atoms with van der Waals surface area (Å²) in [6, 6.07) is 11.3.